The molecule has 3 heterocycles. The molecule has 0 aliphatic heterocycles. The number of hydrogen-bond donors (Lipinski definition) is 1. The summed E-state index contributed by atoms with van der Waals surface area (Å²) in [5.74, 6) is -0.0449. The number of anilines is 1. The van der Waals surface area contributed by atoms with Gasteiger partial charge in [-0.1, -0.05) is 17.8 Å². The van der Waals surface area contributed by atoms with Gasteiger partial charge in [0, 0.05) is 7.05 Å². The Morgan fingerprint density at radius 3 is 3.08 bits per heavy atom. The molecule has 4 rings (SSSR count). The molecule has 0 fully saturated rings. The second-order valence-corrected chi connectivity index (χ2v) is 7.54. The fraction of sp³-hybridized carbons (Fsp3) is 0.133. The fourth-order valence-corrected chi connectivity index (χ4v) is 4.46. The van der Waals surface area contributed by atoms with Crippen LogP contribution in [0.15, 0.2) is 39.6 Å². The maximum atomic E-state index is 12.3. The van der Waals surface area contributed by atoms with Gasteiger partial charge in [0.05, 0.1) is 28.6 Å². The molecule has 3 aromatic heterocycles. The van der Waals surface area contributed by atoms with Gasteiger partial charge in [0.1, 0.15) is 15.9 Å². The first-order chi connectivity index (χ1) is 12.1. The van der Waals surface area contributed by atoms with E-state index in [1.807, 2.05) is 17.5 Å². The van der Waals surface area contributed by atoms with Crippen LogP contribution in [0.1, 0.15) is 0 Å². The molecule has 4 aromatic rings. The summed E-state index contributed by atoms with van der Waals surface area (Å²) in [5.41, 5.74) is 1.96. The number of carbonyl (C=O) groups is 1. The second-order valence-electron chi connectivity index (χ2n) is 5.17. The Labute approximate surface area is 154 Å². The summed E-state index contributed by atoms with van der Waals surface area (Å²) in [6.07, 6.45) is 0. The molecule has 0 aliphatic carbocycles. The van der Waals surface area contributed by atoms with Crippen molar-refractivity contribution in [3.8, 4) is 0 Å². The lowest BCUT2D eigenvalue weighted by molar-refractivity contribution is -0.113. The summed E-state index contributed by atoms with van der Waals surface area (Å²) < 4.78 is 9.82. The maximum Gasteiger partial charge on any atom is 0.262 e. The molecule has 0 saturated heterocycles. The second kappa shape index (κ2) is 6.54. The highest BCUT2D eigenvalue weighted by atomic mass is 32.2. The van der Waals surface area contributed by atoms with Gasteiger partial charge in [-0.2, -0.15) is 8.75 Å². The average Bonchev–Trinajstić information content (AvgIpc) is 3.26. The van der Waals surface area contributed by atoms with E-state index in [9.17, 15) is 9.59 Å². The van der Waals surface area contributed by atoms with E-state index in [1.54, 1.807) is 19.2 Å². The molecule has 0 spiro atoms. The Morgan fingerprint density at radius 2 is 2.20 bits per heavy atom. The molecule has 1 amide bonds. The number of hydrogen-bond acceptors (Lipinski definition) is 8. The zero-order valence-electron chi connectivity index (χ0n) is 12.9. The summed E-state index contributed by atoms with van der Waals surface area (Å²) in [6.45, 7) is 0. The van der Waals surface area contributed by atoms with Crippen molar-refractivity contribution in [3.05, 3.63) is 40.0 Å². The summed E-state index contributed by atoms with van der Waals surface area (Å²) in [5, 5.41) is 5.79. The summed E-state index contributed by atoms with van der Waals surface area (Å²) in [7, 11) is 1.66. The number of rotatable bonds is 4. The third-order valence-corrected chi connectivity index (χ3v) is 5.94. The number of thioether (sulfide) groups is 1. The van der Waals surface area contributed by atoms with E-state index in [2.05, 4.69) is 19.0 Å². The van der Waals surface area contributed by atoms with Gasteiger partial charge >= 0.3 is 0 Å². The minimum Gasteiger partial charge on any atom is -0.323 e. The molecule has 10 heteroatoms. The summed E-state index contributed by atoms with van der Waals surface area (Å²) >= 11 is 3.74. The zero-order chi connectivity index (χ0) is 17.4. The minimum absolute atomic E-state index is 0.104. The van der Waals surface area contributed by atoms with E-state index < -0.39 is 0 Å². The van der Waals surface area contributed by atoms with E-state index in [4.69, 9.17) is 0 Å². The molecule has 0 unspecified atom stereocenters. The van der Waals surface area contributed by atoms with Crippen molar-refractivity contribution in [2.24, 2.45) is 7.05 Å². The van der Waals surface area contributed by atoms with Crippen LogP contribution in [0.2, 0.25) is 0 Å². The van der Waals surface area contributed by atoms with E-state index in [-0.39, 0.29) is 17.2 Å². The molecule has 0 saturated carbocycles. The molecule has 0 bridgehead atoms. The molecular formula is C15H11N5O2S3. The number of amides is 1. The number of fused-ring (bicyclic) bond motifs is 2. The highest BCUT2D eigenvalue weighted by Gasteiger charge is 2.13. The van der Waals surface area contributed by atoms with Crippen LogP contribution in [0, 0.1) is 0 Å². The van der Waals surface area contributed by atoms with Crippen molar-refractivity contribution < 1.29 is 4.79 Å². The first-order valence-corrected chi connectivity index (χ1v) is 9.81. The first-order valence-electron chi connectivity index (χ1n) is 7.21. The van der Waals surface area contributed by atoms with Gasteiger partial charge in [0.15, 0.2) is 5.16 Å². The molecule has 1 aromatic carbocycles. The van der Waals surface area contributed by atoms with Gasteiger partial charge < -0.3 is 5.32 Å². The van der Waals surface area contributed by atoms with E-state index >= 15 is 0 Å². The monoisotopic (exact) mass is 389 g/mol. The Balaban J connectivity index is 1.51. The first kappa shape index (κ1) is 16.2. The number of nitrogens with zero attached hydrogens (tertiary/aromatic N) is 4. The number of thiophene rings is 1. The number of nitrogens with one attached hydrogen (secondary N) is 1. The van der Waals surface area contributed by atoms with Crippen molar-refractivity contribution in [2.75, 3.05) is 11.1 Å². The van der Waals surface area contributed by atoms with Gasteiger partial charge in [0.25, 0.3) is 5.56 Å². The van der Waals surface area contributed by atoms with Crippen molar-refractivity contribution in [2.45, 2.75) is 5.16 Å². The van der Waals surface area contributed by atoms with E-state index in [0.29, 0.717) is 26.6 Å². The Hall–Kier alpha value is -2.30. The average molecular weight is 389 g/mol. The Bertz CT molecular complexity index is 1150. The van der Waals surface area contributed by atoms with Crippen LogP contribution >= 0.6 is 34.8 Å². The van der Waals surface area contributed by atoms with Gasteiger partial charge in [-0.3, -0.25) is 14.2 Å². The smallest absolute Gasteiger partial charge is 0.262 e. The zero-order valence-corrected chi connectivity index (χ0v) is 15.4. The van der Waals surface area contributed by atoms with Crippen LogP contribution in [0.4, 0.5) is 5.69 Å². The van der Waals surface area contributed by atoms with Crippen LogP contribution in [0.25, 0.3) is 21.3 Å². The van der Waals surface area contributed by atoms with Crippen LogP contribution in [-0.4, -0.2) is 30.0 Å². The largest absolute Gasteiger partial charge is 0.323 e. The minimum atomic E-state index is -0.189. The summed E-state index contributed by atoms with van der Waals surface area (Å²) in [4.78, 5) is 29.7. The predicted molar refractivity (Wildman–Crippen MR) is 102 cm³/mol. The van der Waals surface area contributed by atoms with Crippen LogP contribution in [0.5, 0.6) is 0 Å². The van der Waals surface area contributed by atoms with E-state index in [0.717, 1.165) is 17.2 Å². The topological polar surface area (TPSA) is 89.8 Å². The third kappa shape index (κ3) is 3.03. The van der Waals surface area contributed by atoms with Crippen LogP contribution < -0.4 is 10.9 Å². The molecule has 0 aliphatic rings. The standard InChI is InChI=1S/C15H11N5O2S3/c1-20-14(22)8-5-6-23-13(8)17-15(20)24-7-11(21)16-9-3-2-4-10-12(9)19-25-18-10/h2-6H,7H2,1H3,(H,16,21). The van der Waals surface area contributed by atoms with Crippen LogP contribution in [-0.2, 0) is 11.8 Å². The van der Waals surface area contributed by atoms with Gasteiger partial charge in [-0.05, 0) is 23.6 Å². The van der Waals surface area contributed by atoms with Crippen molar-refractivity contribution in [1.82, 2.24) is 18.3 Å². The van der Waals surface area contributed by atoms with Crippen molar-refractivity contribution >= 4 is 67.7 Å². The normalized spacial score (nSPS) is 11.2. The molecule has 1 N–H and O–H groups in total. The molecule has 25 heavy (non-hydrogen) atoms. The quantitative estimate of drug-likeness (QED) is 0.426. The Morgan fingerprint density at radius 1 is 1.32 bits per heavy atom. The van der Waals surface area contributed by atoms with Crippen molar-refractivity contribution in [1.29, 1.82) is 0 Å². The molecular weight excluding hydrogens is 378 g/mol. The highest BCUT2D eigenvalue weighted by Crippen LogP contribution is 2.23. The number of aromatic nitrogens is 4. The summed E-state index contributed by atoms with van der Waals surface area (Å²) in [6, 6.07) is 7.22. The van der Waals surface area contributed by atoms with E-state index in [1.165, 1.54) is 27.7 Å². The highest BCUT2D eigenvalue weighted by molar-refractivity contribution is 7.99. The third-order valence-electron chi connectivity index (χ3n) is 3.56. The van der Waals surface area contributed by atoms with Gasteiger partial charge in [-0.15, -0.1) is 11.3 Å². The molecule has 7 nitrogen and oxygen atoms in total. The lowest BCUT2D eigenvalue weighted by Crippen LogP contribution is -2.20. The van der Waals surface area contributed by atoms with Crippen molar-refractivity contribution in [3.63, 3.8) is 0 Å². The lowest BCUT2D eigenvalue weighted by Gasteiger charge is -2.08. The SMILES string of the molecule is Cn1c(SCC(=O)Nc2cccc3nsnc23)nc2sccc2c1=O. The number of carbonyl (C=O) groups excluding carboxylic acids is 1. The molecule has 0 radical (unpaired) electrons. The molecule has 0 atom stereocenters. The fourth-order valence-electron chi connectivity index (χ4n) is 2.33. The Kier molecular flexibility index (Phi) is 4.24. The number of benzene rings is 1. The predicted octanol–water partition coefficient (Wildman–Crippen LogP) is 2.73. The molecule has 126 valence electrons. The van der Waals surface area contributed by atoms with Crippen LogP contribution in [0.3, 0.4) is 0 Å². The van der Waals surface area contributed by atoms with Gasteiger partial charge in [-0.25, -0.2) is 4.98 Å². The lowest BCUT2D eigenvalue weighted by atomic mass is 10.2. The van der Waals surface area contributed by atoms with Gasteiger partial charge in [0.2, 0.25) is 5.91 Å². The maximum absolute atomic E-state index is 12.3.